The van der Waals surface area contributed by atoms with E-state index in [1.54, 1.807) is 7.11 Å². The second-order valence-corrected chi connectivity index (χ2v) is 7.34. The van der Waals surface area contributed by atoms with E-state index in [4.69, 9.17) is 4.74 Å². The maximum Gasteiger partial charge on any atom is 0.165 e. The van der Waals surface area contributed by atoms with Crippen molar-refractivity contribution in [3.8, 4) is 0 Å². The Balaban J connectivity index is 2.41. The summed E-state index contributed by atoms with van der Waals surface area (Å²) in [4.78, 5) is 1.63. The van der Waals surface area contributed by atoms with E-state index in [1.807, 2.05) is 81.5 Å². The molecule has 0 saturated carbocycles. The van der Waals surface area contributed by atoms with Gasteiger partial charge in [0.05, 0.1) is 7.11 Å². The van der Waals surface area contributed by atoms with Gasteiger partial charge in [-0.3, -0.25) is 0 Å². The molecule has 0 bridgehead atoms. The molecule has 2 aromatic rings. The summed E-state index contributed by atoms with van der Waals surface area (Å²) in [5.74, 6) is 0.601. The van der Waals surface area contributed by atoms with Crippen molar-refractivity contribution >= 4 is 16.7 Å². The number of ether oxygens (including phenoxy) is 1. The topological polar surface area (TPSA) is 32.3 Å². The fraction of sp³-hybridized carbons (Fsp3) is 0.182. The Kier molecular flexibility index (Phi) is 6.68. The van der Waals surface area contributed by atoms with Crippen LogP contribution in [0.15, 0.2) is 88.4 Å². The van der Waals surface area contributed by atoms with Crippen LogP contribution < -0.4 is 0 Å². The van der Waals surface area contributed by atoms with Crippen LogP contribution in [-0.2, 0) is 15.9 Å². The van der Waals surface area contributed by atoms with Crippen molar-refractivity contribution in [2.24, 2.45) is 0 Å². The zero-order valence-electron chi connectivity index (χ0n) is 15.2. The number of hydrogen-bond acceptors (Lipinski definition) is 2. The van der Waals surface area contributed by atoms with E-state index in [2.05, 4.69) is 6.58 Å². The molecule has 130 valence electrons. The fourth-order valence-electron chi connectivity index (χ4n) is 2.35. The van der Waals surface area contributed by atoms with E-state index in [9.17, 15) is 4.55 Å². The Morgan fingerprint density at radius 1 is 1.04 bits per heavy atom. The van der Waals surface area contributed by atoms with E-state index in [0.29, 0.717) is 5.76 Å². The number of allylic oxidation sites excluding steroid dienone is 4. The van der Waals surface area contributed by atoms with Crippen LogP contribution in [0.5, 0.6) is 0 Å². The van der Waals surface area contributed by atoms with Gasteiger partial charge in [0.15, 0.2) is 9.79 Å². The van der Waals surface area contributed by atoms with Crippen molar-refractivity contribution in [3.05, 3.63) is 89.7 Å². The lowest BCUT2D eigenvalue weighted by Crippen LogP contribution is -2.05. The maximum atomic E-state index is 13.1. The lowest BCUT2D eigenvalue weighted by Gasteiger charge is -2.15. The van der Waals surface area contributed by atoms with Crippen LogP contribution in [0, 0.1) is 6.92 Å². The molecule has 0 radical (unpaired) electrons. The molecule has 2 aromatic carbocycles. The molecule has 25 heavy (non-hydrogen) atoms. The van der Waals surface area contributed by atoms with Crippen molar-refractivity contribution < 1.29 is 9.29 Å². The average Bonchev–Trinajstić information content (AvgIpc) is 2.65. The summed E-state index contributed by atoms with van der Waals surface area (Å²) in [6.07, 6.45) is 3.80. The first-order valence-corrected chi connectivity index (χ1v) is 9.25. The standard InChI is InChI=1S/C22H24O2S/c1-16-10-14-20(15-11-16)25(23)22-9-7-6-8-21(22)19(4)17(2)12-13-18(3)24-5/h6-15H,3H2,1-2,4-5H3/b13-12-,19-17+/t25-/m0/s1. The third-order valence-corrected chi connectivity index (χ3v) is 5.55. The van der Waals surface area contributed by atoms with Gasteiger partial charge >= 0.3 is 0 Å². The molecule has 1 atom stereocenters. The van der Waals surface area contributed by atoms with Gasteiger partial charge in [0.25, 0.3) is 0 Å². The van der Waals surface area contributed by atoms with Crippen molar-refractivity contribution in [1.29, 1.82) is 0 Å². The van der Waals surface area contributed by atoms with Crippen LogP contribution in [0.2, 0.25) is 0 Å². The van der Waals surface area contributed by atoms with Crippen LogP contribution in [0.25, 0.3) is 5.57 Å². The predicted octanol–water partition coefficient (Wildman–Crippen LogP) is 5.67. The first-order chi connectivity index (χ1) is 11.9. The van der Waals surface area contributed by atoms with Gasteiger partial charge in [-0.05, 0) is 62.3 Å². The molecule has 0 aliphatic heterocycles. The van der Waals surface area contributed by atoms with Crippen LogP contribution in [-0.4, -0.2) is 11.7 Å². The summed E-state index contributed by atoms with van der Waals surface area (Å²) in [5, 5.41) is 0. The van der Waals surface area contributed by atoms with Gasteiger partial charge in [-0.2, -0.15) is 0 Å². The van der Waals surface area contributed by atoms with Gasteiger partial charge < -0.3 is 9.29 Å². The third-order valence-electron chi connectivity index (χ3n) is 4.10. The highest BCUT2D eigenvalue weighted by atomic mass is 32.2. The summed E-state index contributed by atoms with van der Waals surface area (Å²) >= 11 is -1.22. The first-order valence-electron chi connectivity index (χ1n) is 8.10. The molecular weight excluding hydrogens is 328 g/mol. The summed E-state index contributed by atoms with van der Waals surface area (Å²) in [5.41, 5.74) is 4.30. The zero-order valence-corrected chi connectivity index (χ0v) is 16.0. The van der Waals surface area contributed by atoms with Crippen LogP contribution in [0.3, 0.4) is 0 Å². The lowest BCUT2D eigenvalue weighted by molar-refractivity contribution is 0.309. The highest BCUT2D eigenvalue weighted by Gasteiger charge is 2.19. The molecule has 0 saturated heterocycles. The number of rotatable bonds is 6. The fourth-order valence-corrected chi connectivity index (χ4v) is 3.61. The minimum absolute atomic E-state index is 0.601. The molecule has 0 heterocycles. The van der Waals surface area contributed by atoms with E-state index in [0.717, 1.165) is 32.1 Å². The van der Waals surface area contributed by atoms with E-state index < -0.39 is 11.2 Å². The molecule has 3 heteroatoms. The molecule has 0 aliphatic carbocycles. The summed E-state index contributed by atoms with van der Waals surface area (Å²) in [6, 6.07) is 15.7. The van der Waals surface area contributed by atoms with Gasteiger partial charge in [0, 0.05) is 16.7 Å². The molecule has 0 spiro atoms. The minimum atomic E-state index is -1.22. The Morgan fingerprint density at radius 3 is 2.32 bits per heavy atom. The molecule has 2 rings (SSSR count). The molecule has 0 aliphatic rings. The lowest BCUT2D eigenvalue weighted by atomic mass is 10.0. The second kappa shape index (κ2) is 8.75. The molecule has 0 unspecified atom stereocenters. The summed E-state index contributed by atoms with van der Waals surface area (Å²) < 4.78 is 18.1. The van der Waals surface area contributed by atoms with Crippen molar-refractivity contribution in [1.82, 2.24) is 0 Å². The monoisotopic (exact) mass is 352 g/mol. The third kappa shape index (κ3) is 4.88. The van der Waals surface area contributed by atoms with E-state index in [1.165, 1.54) is 0 Å². The van der Waals surface area contributed by atoms with Crippen LogP contribution in [0.4, 0.5) is 0 Å². The smallest absolute Gasteiger partial charge is 0.165 e. The molecule has 2 nitrogen and oxygen atoms in total. The highest BCUT2D eigenvalue weighted by molar-refractivity contribution is 7.91. The normalized spacial score (nSPS) is 13.5. The van der Waals surface area contributed by atoms with E-state index >= 15 is 0 Å². The van der Waals surface area contributed by atoms with Crippen LogP contribution >= 0.6 is 0 Å². The number of benzene rings is 2. The zero-order chi connectivity index (χ0) is 18.4. The van der Waals surface area contributed by atoms with Gasteiger partial charge in [0.2, 0.25) is 0 Å². The van der Waals surface area contributed by atoms with Gasteiger partial charge in [-0.1, -0.05) is 42.5 Å². The Hall–Kier alpha value is -2.23. The largest absolute Gasteiger partial charge is 0.606 e. The van der Waals surface area contributed by atoms with Gasteiger partial charge in [0.1, 0.15) is 5.76 Å². The summed E-state index contributed by atoms with van der Waals surface area (Å²) in [6.45, 7) is 9.88. The Morgan fingerprint density at radius 2 is 1.68 bits per heavy atom. The number of aryl methyl sites for hydroxylation is 1. The molecular formula is C22H24O2S. The highest BCUT2D eigenvalue weighted by Crippen LogP contribution is 2.30. The van der Waals surface area contributed by atoms with Gasteiger partial charge in [-0.15, -0.1) is 0 Å². The Bertz CT molecular complexity index is 801. The van der Waals surface area contributed by atoms with Crippen molar-refractivity contribution in [3.63, 3.8) is 0 Å². The van der Waals surface area contributed by atoms with E-state index in [-0.39, 0.29) is 0 Å². The number of hydrogen-bond donors (Lipinski definition) is 0. The molecule has 0 amide bonds. The molecule has 0 fully saturated rings. The molecule has 0 aromatic heterocycles. The maximum absolute atomic E-state index is 13.1. The second-order valence-electron chi connectivity index (χ2n) is 5.89. The average molecular weight is 352 g/mol. The Labute approximate surface area is 153 Å². The predicted molar refractivity (Wildman–Crippen MR) is 106 cm³/mol. The van der Waals surface area contributed by atoms with Crippen molar-refractivity contribution in [2.75, 3.05) is 7.11 Å². The van der Waals surface area contributed by atoms with Crippen LogP contribution in [0.1, 0.15) is 25.0 Å². The summed E-state index contributed by atoms with van der Waals surface area (Å²) in [7, 11) is 1.60. The van der Waals surface area contributed by atoms with Crippen molar-refractivity contribution in [2.45, 2.75) is 30.6 Å². The first kappa shape index (κ1) is 19.1. The minimum Gasteiger partial charge on any atom is -0.606 e. The SMILES string of the molecule is C=C(/C=C\C(C)=C(/C)c1ccccc1[S@@+]([O-])c1ccc(C)cc1)OC. The number of methoxy groups -OCH3 is 1. The van der Waals surface area contributed by atoms with Gasteiger partial charge in [-0.25, -0.2) is 0 Å². The quantitative estimate of drug-likeness (QED) is 0.381. The molecule has 0 N–H and O–H groups in total.